The molecule has 3 unspecified atom stereocenters. The van der Waals surface area contributed by atoms with Crippen molar-refractivity contribution in [1.29, 1.82) is 0 Å². The number of Topliss-reactive ketones (excluding diaryl/α,β-unsaturated/α-hetero) is 3. The van der Waals surface area contributed by atoms with Gasteiger partial charge in [-0.05, 0) is 153 Å². The third-order valence-corrected chi connectivity index (χ3v) is 18.1. The number of ketones is 3. The Morgan fingerprint density at radius 3 is 0.951 bits per heavy atom. The van der Waals surface area contributed by atoms with Crippen molar-refractivity contribution >= 4 is 67.6 Å². The van der Waals surface area contributed by atoms with Crippen LogP contribution < -0.4 is 17.2 Å². The fraction of sp³-hybridized carbons (Fsp3) is 0.200. The van der Waals surface area contributed by atoms with Crippen molar-refractivity contribution in [2.24, 2.45) is 17.2 Å². The number of esters is 3. The monoisotopic (exact) mass is 1360 g/mol. The molecule has 12 aromatic rings. The maximum Gasteiger partial charge on any atom is 0.338 e. The van der Waals surface area contributed by atoms with Crippen LogP contribution in [0.25, 0.3) is 32.3 Å². The van der Waals surface area contributed by atoms with Gasteiger partial charge in [0.2, 0.25) is 0 Å². The zero-order chi connectivity index (χ0) is 71.4. The van der Waals surface area contributed by atoms with Crippen molar-refractivity contribution in [3.63, 3.8) is 0 Å². The molecular weight excluding hydrogens is 1270 g/mol. The van der Waals surface area contributed by atoms with E-state index in [1.807, 2.05) is 229 Å². The topological polar surface area (TPSA) is 208 Å². The first-order chi connectivity index (χ1) is 48.9. The minimum absolute atomic E-state index is 0. The summed E-state index contributed by atoms with van der Waals surface area (Å²) < 4.78 is 16.4. The summed E-state index contributed by atoms with van der Waals surface area (Å²) in [4.78, 5) is 76.1. The van der Waals surface area contributed by atoms with Gasteiger partial charge in [0.05, 0.1) is 34.4 Å². The SMILES string of the molecule is C.Cc1cc(C)cc(C(=O)OCc2ccc(C(CN)C(=O)Cc3ccc4ccccc4c3)cc2)c1.Cc1ccc(C(=O)OCc2ccc(C(CN)C(=O)Cc3ccc4ccccc4c3)cc2)c(C)c1.Cc1ccc(C(=O)OCc2ccc(C(CN)C(=O)Cc3ccc4ccccc4c3)cc2)cc1. The summed E-state index contributed by atoms with van der Waals surface area (Å²) in [6.07, 6.45) is 1.01. The van der Waals surface area contributed by atoms with Crippen molar-refractivity contribution in [3.05, 3.63) is 355 Å². The van der Waals surface area contributed by atoms with Crippen LogP contribution in [-0.4, -0.2) is 54.9 Å². The van der Waals surface area contributed by atoms with Crippen molar-refractivity contribution < 1.29 is 43.0 Å². The molecule has 0 saturated carbocycles. The maximum absolute atomic E-state index is 13.0. The minimum Gasteiger partial charge on any atom is -0.457 e. The van der Waals surface area contributed by atoms with Gasteiger partial charge in [0.1, 0.15) is 37.2 Å². The number of carbonyl (C=O) groups is 6. The predicted octanol–water partition coefficient (Wildman–Crippen LogP) is 17.3. The highest BCUT2D eigenvalue weighted by Crippen LogP contribution is 2.27. The van der Waals surface area contributed by atoms with E-state index in [1.165, 1.54) is 0 Å². The van der Waals surface area contributed by atoms with Crippen LogP contribution in [0.15, 0.2) is 261 Å². The zero-order valence-corrected chi connectivity index (χ0v) is 57.8. The molecule has 12 nitrogen and oxygen atoms in total. The first-order valence-electron chi connectivity index (χ1n) is 34.0. The highest BCUT2D eigenvalue weighted by Gasteiger charge is 2.23. The highest BCUT2D eigenvalue weighted by molar-refractivity contribution is 5.94. The number of fused-ring (bicyclic) bond motifs is 3. The molecule has 0 bridgehead atoms. The van der Waals surface area contributed by atoms with Crippen LogP contribution in [0.1, 0.15) is 134 Å². The Hall–Kier alpha value is -11.3. The summed E-state index contributed by atoms with van der Waals surface area (Å²) in [5, 5.41) is 6.83. The molecular formula is C90H89N3O9. The Morgan fingerprint density at radius 2 is 0.608 bits per heavy atom. The number of hydrogen-bond acceptors (Lipinski definition) is 12. The molecule has 12 rings (SSSR count). The van der Waals surface area contributed by atoms with Crippen LogP contribution in [0.5, 0.6) is 0 Å². The third-order valence-electron chi connectivity index (χ3n) is 18.1. The Balaban J connectivity index is 0.000000177. The first-order valence-corrected chi connectivity index (χ1v) is 34.0. The normalized spacial score (nSPS) is 11.7. The number of hydrogen-bond donors (Lipinski definition) is 3. The lowest BCUT2D eigenvalue weighted by Gasteiger charge is -2.15. The van der Waals surface area contributed by atoms with E-state index >= 15 is 0 Å². The molecule has 102 heavy (non-hydrogen) atoms. The third kappa shape index (κ3) is 20.4. The lowest BCUT2D eigenvalue weighted by Crippen LogP contribution is -2.23. The second kappa shape index (κ2) is 36.2. The van der Waals surface area contributed by atoms with Crippen molar-refractivity contribution in [1.82, 2.24) is 0 Å². The summed E-state index contributed by atoms with van der Waals surface area (Å²) in [6.45, 7) is 11.0. The number of benzene rings is 12. The number of rotatable bonds is 24. The highest BCUT2D eigenvalue weighted by atomic mass is 16.5. The van der Waals surface area contributed by atoms with Gasteiger partial charge in [0, 0.05) is 38.9 Å². The predicted molar refractivity (Wildman–Crippen MR) is 410 cm³/mol. The molecule has 0 saturated heterocycles. The van der Waals surface area contributed by atoms with E-state index in [1.54, 1.807) is 18.2 Å². The van der Waals surface area contributed by atoms with Crippen LogP contribution in [0.3, 0.4) is 0 Å². The largest absolute Gasteiger partial charge is 0.457 e. The molecule has 518 valence electrons. The van der Waals surface area contributed by atoms with Crippen molar-refractivity contribution in [2.45, 2.75) is 98.9 Å². The Morgan fingerprint density at radius 1 is 0.294 bits per heavy atom. The van der Waals surface area contributed by atoms with Crippen LogP contribution >= 0.6 is 0 Å². The lowest BCUT2D eigenvalue weighted by atomic mass is 9.90. The number of nitrogens with two attached hydrogens (primary N) is 3. The van der Waals surface area contributed by atoms with E-state index in [9.17, 15) is 28.8 Å². The first kappa shape index (κ1) is 74.9. The van der Waals surface area contributed by atoms with E-state index in [2.05, 4.69) is 48.5 Å². The average molecular weight is 1360 g/mol. The van der Waals surface area contributed by atoms with E-state index in [4.69, 9.17) is 31.4 Å². The van der Waals surface area contributed by atoms with E-state index in [0.717, 1.165) is 110 Å². The molecule has 0 spiro atoms. The molecule has 0 fully saturated rings. The summed E-state index contributed by atoms with van der Waals surface area (Å²) in [5.41, 5.74) is 32.9. The fourth-order valence-electron chi connectivity index (χ4n) is 12.4. The van der Waals surface area contributed by atoms with Gasteiger partial charge in [-0.25, -0.2) is 14.4 Å². The molecule has 0 aliphatic heterocycles. The number of carbonyl (C=O) groups excluding carboxylic acids is 6. The summed E-state index contributed by atoms with van der Waals surface area (Å²) >= 11 is 0. The average Bonchev–Trinajstić information content (AvgIpc) is 0.847. The molecule has 0 amide bonds. The Labute approximate surface area is 598 Å². The van der Waals surface area contributed by atoms with Crippen LogP contribution in [0.4, 0.5) is 0 Å². The van der Waals surface area contributed by atoms with E-state index in [-0.39, 0.29) is 99.9 Å². The molecule has 0 aliphatic rings. The van der Waals surface area contributed by atoms with Gasteiger partial charge >= 0.3 is 17.9 Å². The second-order valence-electron chi connectivity index (χ2n) is 25.9. The van der Waals surface area contributed by atoms with Gasteiger partial charge in [-0.2, -0.15) is 0 Å². The number of ether oxygens (including phenoxy) is 3. The maximum atomic E-state index is 13.0. The van der Waals surface area contributed by atoms with E-state index in [0.29, 0.717) is 36.0 Å². The molecule has 12 aromatic carbocycles. The molecule has 0 radical (unpaired) electrons. The Kier molecular flexibility index (Phi) is 26.6. The summed E-state index contributed by atoms with van der Waals surface area (Å²) in [6, 6.07) is 84.0. The van der Waals surface area contributed by atoms with Crippen molar-refractivity contribution in [3.8, 4) is 0 Å². The van der Waals surface area contributed by atoms with Crippen LogP contribution in [-0.2, 0) is 67.7 Å². The van der Waals surface area contributed by atoms with Gasteiger partial charge in [0.25, 0.3) is 0 Å². The zero-order valence-electron chi connectivity index (χ0n) is 57.8. The van der Waals surface area contributed by atoms with Crippen molar-refractivity contribution in [2.75, 3.05) is 19.6 Å². The molecule has 3 atom stereocenters. The van der Waals surface area contributed by atoms with Crippen LogP contribution in [0, 0.1) is 34.6 Å². The van der Waals surface area contributed by atoms with Gasteiger partial charge in [0.15, 0.2) is 0 Å². The second-order valence-corrected chi connectivity index (χ2v) is 25.9. The van der Waals surface area contributed by atoms with Gasteiger partial charge in [-0.3, -0.25) is 14.4 Å². The Bertz CT molecular complexity index is 4870. The molecule has 0 heterocycles. The molecule has 6 N–H and O–H groups in total. The van der Waals surface area contributed by atoms with E-state index < -0.39 is 0 Å². The quantitative estimate of drug-likeness (QED) is 0.0381. The smallest absolute Gasteiger partial charge is 0.338 e. The molecule has 0 aromatic heterocycles. The lowest BCUT2D eigenvalue weighted by molar-refractivity contribution is -0.120. The van der Waals surface area contributed by atoms with Crippen LogP contribution in [0.2, 0.25) is 0 Å². The number of aryl methyl sites for hydroxylation is 5. The molecule has 12 heteroatoms. The van der Waals surface area contributed by atoms with Gasteiger partial charge in [-0.1, -0.05) is 260 Å². The fourth-order valence-corrected chi connectivity index (χ4v) is 12.4. The van der Waals surface area contributed by atoms with Gasteiger partial charge < -0.3 is 31.4 Å². The summed E-state index contributed by atoms with van der Waals surface area (Å²) in [5.74, 6) is -1.90. The van der Waals surface area contributed by atoms with Gasteiger partial charge in [-0.15, -0.1) is 0 Å². The summed E-state index contributed by atoms with van der Waals surface area (Å²) in [7, 11) is 0. The molecule has 0 aliphatic carbocycles. The standard InChI is InChI=1S/2C30H29NO3.C29H27NO3.CH4/c1-20-7-14-27(21(2)15-20)30(33)34-19-22-8-12-25(13-9-22)28(18-31)29(32)17-23-10-11-24-5-3-4-6-26(24)16-23;1-20-13-21(2)15-27(14-20)30(33)34-19-22-7-11-25(12-8-22)28(18-31)29(32)17-23-9-10-24-5-3-4-6-26(24)16-23;1-20-6-11-25(12-7-20)29(32)33-19-21-8-14-24(15-9-21)27(18-30)28(31)17-22-10-13-23-4-2-3-5-26(23)16-22;/h2*3-16,28H,17-19,31H2,1-2H3;2-16,27H,17-19,30H2,1H3;1H4. The minimum atomic E-state index is -0.377.